The number of unbranched alkanes of at least 4 members (excludes halogenated alkanes) is 31. The SMILES string of the molecule is CCCCCCC/C=C\C/C=C\C/C=C\CCCCCCCCC(=O)OCC(COC(=O)CCCCCCCCC)OC(=O)CCCCCCCCCCCCCCCCC. The van der Waals surface area contributed by atoms with E-state index >= 15 is 0 Å². The first kappa shape index (κ1) is 58.6. The van der Waals surface area contributed by atoms with Crippen LogP contribution in [0.25, 0.3) is 0 Å². The Morgan fingerprint density at radius 2 is 0.590 bits per heavy atom. The molecule has 356 valence electrons. The lowest BCUT2D eigenvalue weighted by atomic mass is 10.0. The van der Waals surface area contributed by atoms with Gasteiger partial charge in [0.1, 0.15) is 13.2 Å². The Bertz CT molecular complexity index is 1030. The van der Waals surface area contributed by atoms with Crippen molar-refractivity contribution in [3.63, 3.8) is 0 Å². The molecule has 6 heteroatoms. The van der Waals surface area contributed by atoms with Crippen LogP contribution in [0.5, 0.6) is 0 Å². The number of rotatable bonds is 48. The highest BCUT2D eigenvalue weighted by atomic mass is 16.6. The van der Waals surface area contributed by atoms with E-state index in [9.17, 15) is 14.4 Å². The molecule has 61 heavy (non-hydrogen) atoms. The summed E-state index contributed by atoms with van der Waals surface area (Å²) in [7, 11) is 0. The molecule has 0 saturated heterocycles. The number of hydrogen-bond acceptors (Lipinski definition) is 6. The number of ether oxygens (including phenoxy) is 3. The molecule has 0 aliphatic heterocycles. The van der Waals surface area contributed by atoms with Gasteiger partial charge in [0.25, 0.3) is 0 Å². The van der Waals surface area contributed by atoms with Crippen molar-refractivity contribution in [3.05, 3.63) is 36.5 Å². The van der Waals surface area contributed by atoms with E-state index in [0.717, 1.165) is 77.0 Å². The van der Waals surface area contributed by atoms with Crippen molar-refractivity contribution >= 4 is 17.9 Å². The average Bonchev–Trinajstić information content (AvgIpc) is 3.26. The minimum Gasteiger partial charge on any atom is -0.462 e. The zero-order valence-electron chi connectivity index (χ0n) is 40.7. The lowest BCUT2D eigenvalue weighted by Gasteiger charge is -2.18. The first-order chi connectivity index (χ1) is 30.0. The van der Waals surface area contributed by atoms with E-state index in [4.69, 9.17) is 14.2 Å². The van der Waals surface area contributed by atoms with Crippen molar-refractivity contribution in [2.75, 3.05) is 13.2 Å². The summed E-state index contributed by atoms with van der Waals surface area (Å²) < 4.78 is 16.7. The maximum atomic E-state index is 12.8. The summed E-state index contributed by atoms with van der Waals surface area (Å²) in [4.78, 5) is 37.8. The first-order valence-corrected chi connectivity index (χ1v) is 26.5. The number of carbonyl (C=O) groups excluding carboxylic acids is 3. The Hall–Kier alpha value is -2.37. The molecular formula is C55H100O6. The molecule has 0 radical (unpaired) electrons. The van der Waals surface area contributed by atoms with Crippen molar-refractivity contribution in [3.8, 4) is 0 Å². The molecule has 0 aliphatic carbocycles. The third-order valence-electron chi connectivity index (χ3n) is 11.6. The van der Waals surface area contributed by atoms with Gasteiger partial charge in [-0.3, -0.25) is 14.4 Å². The summed E-state index contributed by atoms with van der Waals surface area (Å²) in [5.74, 6) is -0.881. The molecule has 0 aromatic rings. The van der Waals surface area contributed by atoms with Crippen LogP contribution in [0.2, 0.25) is 0 Å². The monoisotopic (exact) mass is 857 g/mol. The minimum absolute atomic E-state index is 0.0734. The van der Waals surface area contributed by atoms with Gasteiger partial charge in [-0.1, -0.05) is 237 Å². The number of hydrogen-bond donors (Lipinski definition) is 0. The van der Waals surface area contributed by atoms with Crippen molar-refractivity contribution in [2.24, 2.45) is 0 Å². The van der Waals surface area contributed by atoms with Gasteiger partial charge < -0.3 is 14.2 Å². The van der Waals surface area contributed by atoms with Gasteiger partial charge in [0.2, 0.25) is 0 Å². The van der Waals surface area contributed by atoms with Crippen LogP contribution in [0.15, 0.2) is 36.5 Å². The molecule has 0 aromatic carbocycles. The number of carbonyl (C=O) groups is 3. The van der Waals surface area contributed by atoms with Crippen LogP contribution in [-0.4, -0.2) is 37.2 Å². The summed E-state index contributed by atoms with van der Waals surface area (Å²) in [6, 6.07) is 0. The maximum Gasteiger partial charge on any atom is 0.306 e. The van der Waals surface area contributed by atoms with E-state index in [1.807, 2.05) is 0 Å². The molecule has 1 unspecified atom stereocenters. The lowest BCUT2D eigenvalue weighted by Crippen LogP contribution is -2.30. The Labute approximate surface area is 378 Å². The molecule has 0 heterocycles. The molecule has 0 bridgehead atoms. The van der Waals surface area contributed by atoms with E-state index in [1.54, 1.807) is 0 Å². The van der Waals surface area contributed by atoms with E-state index in [0.29, 0.717) is 19.3 Å². The fourth-order valence-corrected chi connectivity index (χ4v) is 7.63. The lowest BCUT2D eigenvalue weighted by molar-refractivity contribution is -0.167. The topological polar surface area (TPSA) is 78.9 Å². The smallest absolute Gasteiger partial charge is 0.306 e. The Morgan fingerprint density at radius 3 is 0.918 bits per heavy atom. The number of esters is 3. The molecule has 6 nitrogen and oxygen atoms in total. The van der Waals surface area contributed by atoms with Crippen molar-refractivity contribution in [2.45, 2.75) is 284 Å². The molecular weight excluding hydrogens is 757 g/mol. The molecule has 1 atom stereocenters. The van der Waals surface area contributed by atoms with Crippen LogP contribution in [0.4, 0.5) is 0 Å². The van der Waals surface area contributed by atoms with Gasteiger partial charge in [0, 0.05) is 19.3 Å². The second kappa shape index (κ2) is 50.3. The molecule has 0 amide bonds. The molecule has 0 fully saturated rings. The summed E-state index contributed by atoms with van der Waals surface area (Å²) in [5, 5.41) is 0. The predicted molar refractivity (Wildman–Crippen MR) is 261 cm³/mol. The van der Waals surface area contributed by atoms with Crippen LogP contribution < -0.4 is 0 Å². The van der Waals surface area contributed by atoms with Crippen molar-refractivity contribution < 1.29 is 28.6 Å². The number of allylic oxidation sites excluding steroid dienone is 6. The highest BCUT2D eigenvalue weighted by Gasteiger charge is 2.19. The van der Waals surface area contributed by atoms with E-state index in [1.165, 1.54) is 161 Å². The Balaban J connectivity index is 4.23. The van der Waals surface area contributed by atoms with Crippen molar-refractivity contribution in [1.82, 2.24) is 0 Å². The highest BCUT2D eigenvalue weighted by molar-refractivity contribution is 5.71. The molecule has 0 spiro atoms. The summed E-state index contributed by atoms with van der Waals surface area (Å²) in [5.41, 5.74) is 0. The minimum atomic E-state index is -0.771. The molecule has 0 N–H and O–H groups in total. The summed E-state index contributed by atoms with van der Waals surface area (Å²) >= 11 is 0. The molecule has 0 aromatic heterocycles. The van der Waals surface area contributed by atoms with Gasteiger partial charge >= 0.3 is 17.9 Å². The van der Waals surface area contributed by atoms with E-state index in [-0.39, 0.29) is 31.1 Å². The zero-order chi connectivity index (χ0) is 44.4. The van der Waals surface area contributed by atoms with E-state index in [2.05, 4.69) is 57.2 Å². The highest BCUT2D eigenvalue weighted by Crippen LogP contribution is 2.16. The third-order valence-corrected chi connectivity index (χ3v) is 11.6. The summed E-state index contributed by atoms with van der Waals surface area (Å²) in [6.45, 7) is 6.60. The summed E-state index contributed by atoms with van der Waals surface area (Å²) in [6.07, 6.45) is 58.6. The predicted octanol–water partition coefficient (Wildman–Crippen LogP) is 17.3. The Morgan fingerprint density at radius 1 is 0.328 bits per heavy atom. The largest absolute Gasteiger partial charge is 0.462 e. The fourth-order valence-electron chi connectivity index (χ4n) is 7.63. The van der Waals surface area contributed by atoms with Crippen LogP contribution in [0, 0.1) is 0 Å². The Kier molecular flexibility index (Phi) is 48.3. The fraction of sp³-hybridized carbons (Fsp3) is 0.836. The van der Waals surface area contributed by atoms with Crippen molar-refractivity contribution in [1.29, 1.82) is 0 Å². The van der Waals surface area contributed by atoms with Crippen LogP contribution >= 0.6 is 0 Å². The quantitative estimate of drug-likeness (QED) is 0.0262. The van der Waals surface area contributed by atoms with Crippen LogP contribution in [0.1, 0.15) is 278 Å². The van der Waals surface area contributed by atoms with Gasteiger partial charge in [-0.15, -0.1) is 0 Å². The van der Waals surface area contributed by atoms with Gasteiger partial charge in [0.05, 0.1) is 0 Å². The second-order valence-electron chi connectivity index (χ2n) is 17.8. The van der Waals surface area contributed by atoms with Crippen LogP contribution in [-0.2, 0) is 28.6 Å². The standard InChI is InChI=1S/C55H100O6/c1-4-7-10-13-16-18-20-22-24-25-26-27-28-29-31-32-34-36-39-42-45-48-54(57)60-51-52(50-59-53(56)47-44-41-38-15-12-9-6-3)61-55(58)49-46-43-40-37-35-33-30-23-21-19-17-14-11-8-5-2/h20,22,25-26,28-29,52H,4-19,21,23-24,27,30-51H2,1-3H3/b22-20-,26-25-,29-28-. The third kappa shape index (κ3) is 48.5. The second-order valence-corrected chi connectivity index (χ2v) is 17.8. The average molecular weight is 857 g/mol. The first-order valence-electron chi connectivity index (χ1n) is 26.5. The molecule has 0 aliphatic rings. The van der Waals surface area contributed by atoms with Crippen LogP contribution in [0.3, 0.4) is 0 Å². The maximum absolute atomic E-state index is 12.8. The molecule has 0 rings (SSSR count). The van der Waals surface area contributed by atoms with Gasteiger partial charge in [-0.25, -0.2) is 0 Å². The molecule has 0 saturated carbocycles. The van der Waals surface area contributed by atoms with E-state index < -0.39 is 6.10 Å². The van der Waals surface area contributed by atoms with Gasteiger partial charge in [0.15, 0.2) is 6.10 Å². The van der Waals surface area contributed by atoms with Gasteiger partial charge in [-0.05, 0) is 57.8 Å². The zero-order valence-corrected chi connectivity index (χ0v) is 40.7. The normalized spacial score (nSPS) is 12.2. The van der Waals surface area contributed by atoms with Gasteiger partial charge in [-0.2, -0.15) is 0 Å².